The summed E-state index contributed by atoms with van der Waals surface area (Å²) in [4.78, 5) is 5.60. The Morgan fingerprint density at radius 3 is 2.67 bits per heavy atom. The smallest absolute Gasteiger partial charge is 0.144 e. The highest BCUT2D eigenvalue weighted by Gasteiger charge is 2.40. The molecule has 0 amide bonds. The van der Waals surface area contributed by atoms with Crippen molar-refractivity contribution in [2.24, 2.45) is 0 Å². The zero-order valence-electron chi connectivity index (χ0n) is 9.73. The fraction of sp³-hybridized carbons (Fsp3) is 0.214. The summed E-state index contributed by atoms with van der Waals surface area (Å²) in [6, 6.07) is 15.8. The number of hydrogen-bond donors (Lipinski definition) is 0. The monoisotopic (exact) mass is 259 g/mol. The molecule has 1 aromatic carbocycles. The van der Waals surface area contributed by atoms with Gasteiger partial charge in [0.25, 0.3) is 0 Å². The normalized spacial score (nSPS) is 21.6. The minimum atomic E-state index is 0.120. The van der Waals surface area contributed by atoms with E-state index in [9.17, 15) is 0 Å². The van der Waals surface area contributed by atoms with Crippen LogP contribution in [0.1, 0.15) is 11.7 Å². The molecule has 0 spiro atoms. The molecule has 0 radical (unpaired) electrons. The Balaban J connectivity index is 1.58. The maximum atomic E-state index is 5.60. The van der Waals surface area contributed by atoms with Crippen LogP contribution in [-0.2, 0) is 4.74 Å². The molecule has 3 rings (SSSR count). The van der Waals surface area contributed by atoms with Crippen molar-refractivity contribution >= 4 is 12.2 Å². The second-order valence-corrected chi connectivity index (χ2v) is 4.58. The van der Waals surface area contributed by atoms with Gasteiger partial charge in [-0.1, -0.05) is 48.6 Å². The maximum absolute atomic E-state index is 5.60. The number of benzene rings is 1. The highest BCUT2D eigenvalue weighted by molar-refractivity contribution is 7.71. The van der Waals surface area contributed by atoms with Crippen molar-refractivity contribution in [3.63, 3.8) is 0 Å². The first-order valence-corrected chi connectivity index (χ1v) is 6.27. The Morgan fingerprint density at radius 2 is 1.89 bits per heavy atom. The Kier molecular flexibility index (Phi) is 3.13. The van der Waals surface area contributed by atoms with Gasteiger partial charge in [0.15, 0.2) is 0 Å². The Bertz CT molecular complexity index is 582. The SMILES string of the molecule is S=c1ccccn1OC[C@@H]1O[C@H]1c1ccccc1. The maximum Gasteiger partial charge on any atom is 0.144 e. The van der Waals surface area contributed by atoms with E-state index < -0.39 is 0 Å². The van der Waals surface area contributed by atoms with Gasteiger partial charge in [-0.2, -0.15) is 4.73 Å². The quantitative estimate of drug-likeness (QED) is 0.624. The van der Waals surface area contributed by atoms with Gasteiger partial charge in [-0.15, -0.1) is 0 Å². The Labute approximate surface area is 111 Å². The molecule has 0 N–H and O–H groups in total. The van der Waals surface area contributed by atoms with Crippen LogP contribution >= 0.6 is 12.2 Å². The number of nitrogens with zero attached hydrogens (tertiary/aromatic N) is 1. The van der Waals surface area contributed by atoms with Crippen LogP contribution in [-0.4, -0.2) is 17.4 Å². The molecular formula is C14H13NO2S. The van der Waals surface area contributed by atoms with Gasteiger partial charge in [-0.05, 0) is 17.7 Å². The lowest BCUT2D eigenvalue weighted by molar-refractivity contribution is 0.0915. The van der Waals surface area contributed by atoms with Crippen molar-refractivity contribution in [3.8, 4) is 0 Å². The predicted molar refractivity (Wildman–Crippen MR) is 70.8 cm³/mol. The molecule has 2 aromatic rings. The second-order valence-electron chi connectivity index (χ2n) is 4.17. The first-order chi connectivity index (χ1) is 8.84. The molecule has 0 bridgehead atoms. The van der Waals surface area contributed by atoms with E-state index in [1.807, 2.05) is 42.6 Å². The van der Waals surface area contributed by atoms with E-state index >= 15 is 0 Å². The molecule has 2 atom stereocenters. The summed E-state index contributed by atoms with van der Waals surface area (Å²) in [6.07, 6.45) is 2.08. The molecule has 92 valence electrons. The van der Waals surface area contributed by atoms with Gasteiger partial charge >= 0.3 is 0 Å². The number of rotatable bonds is 4. The fourth-order valence-electron chi connectivity index (χ4n) is 1.88. The van der Waals surface area contributed by atoms with Crippen LogP contribution in [0, 0.1) is 4.64 Å². The molecule has 18 heavy (non-hydrogen) atoms. The first kappa shape index (κ1) is 11.4. The van der Waals surface area contributed by atoms with Crippen LogP contribution in [0.3, 0.4) is 0 Å². The lowest BCUT2D eigenvalue weighted by Gasteiger charge is -2.06. The van der Waals surface area contributed by atoms with Crippen molar-refractivity contribution in [2.45, 2.75) is 12.2 Å². The molecule has 1 aromatic heterocycles. The topological polar surface area (TPSA) is 26.7 Å². The molecule has 1 aliphatic heterocycles. The van der Waals surface area contributed by atoms with Gasteiger partial charge in [0.05, 0.1) is 0 Å². The largest absolute Gasteiger partial charge is 0.410 e. The van der Waals surface area contributed by atoms with Gasteiger partial charge in [-0.25, -0.2) is 0 Å². The van der Waals surface area contributed by atoms with E-state index in [2.05, 4.69) is 12.1 Å². The van der Waals surface area contributed by atoms with E-state index in [0.29, 0.717) is 11.2 Å². The molecule has 0 aliphatic carbocycles. The lowest BCUT2D eigenvalue weighted by atomic mass is 10.1. The molecule has 0 saturated carbocycles. The van der Waals surface area contributed by atoms with Crippen LogP contribution in [0.25, 0.3) is 0 Å². The van der Waals surface area contributed by atoms with E-state index in [-0.39, 0.29) is 12.2 Å². The molecule has 0 unspecified atom stereocenters. The zero-order chi connectivity index (χ0) is 12.4. The summed E-state index contributed by atoms with van der Waals surface area (Å²) < 4.78 is 7.85. The highest BCUT2D eigenvalue weighted by atomic mass is 32.1. The van der Waals surface area contributed by atoms with Gasteiger partial charge in [-0.3, -0.25) is 0 Å². The molecule has 1 fully saturated rings. The average Bonchev–Trinajstić information content (AvgIpc) is 3.18. The number of pyridine rings is 1. The molecular weight excluding hydrogens is 246 g/mol. The Morgan fingerprint density at radius 1 is 1.11 bits per heavy atom. The van der Waals surface area contributed by atoms with Crippen LogP contribution in [0.5, 0.6) is 0 Å². The van der Waals surface area contributed by atoms with Crippen LogP contribution in [0.15, 0.2) is 54.7 Å². The molecule has 4 heteroatoms. The molecule has 2 heterocycles. The third kappa shape index (κ3) is 2.44. The molecule has 1 aliphatic rings. The summed E-state index contributed by atoms with van der Waals surface area (Å²) in [5.41, 5.74) is 1.20. The Hall–Kier alpha value is -1.65. The third-order valence-corrected chi connectivity index (χ3v) is 3.19. The minimum absolute atomic E-state index is 0.120. The number of aromatic nitrogens is 1. The summed E-state index contributed by atoms with van der Waals surface area (Å²) in [6.45, 7) is 0.512. The standard InChI is InChI=1S/C14H13NO2S/c18-13-8-4-5-9-15(13)16-10-12-14(17-12)11-6-2-1-3-7-11/h1-9,12,14H,10H2/t12-,14-/m0/s1. The number of hydrogen-bond acceptors (Lipinski definition) is 3. The summed E-state index contributed by atoms with van der Waals surface area (Å²) >= 11 is 5.14. The predicted octanol–water partition coefficient (Wildman–Crippen LogP) is 2.79. The van der Waals surface area contributed by atoms with E-state index in [0.717, 1.165) is 0 Å². The van der Waals surface area contributed by atoms with Gasteiger partial charge in [0.2, 0.25) is 0 Å². The van der Waals surface area contributed by atoms with Crippen molar-refractivity contribution in [1.82, 2.24) is 4.73 Å². The first-order valence-electron chi connectivity index (χ1n) is 5.86. The summed E-state index contributed by atoms with van der Waals surface area (Å²) in [5.74, 6) is 0. The zero-order valence-corrected chi connectivity index (χ0v) is 10.5. The minimum Gasteiger partial charge on any atom is -0.410 e. The summed E-state index contributed by atoms with van der Waals surface area (Å²) in [5, 5.41) is 0. The average molecular weight is 259 g/mol. The fourth-order valence-corrected chi connectivity index (χ4v) is 2.07. The van der Waals surface area contributed by atoms with E-state index in [1.54, 1.807) is 4.73 Å². The van der Waals surface area contributed by atoms with Crippen molar-refractivity contribution in [2.75, 3.05) is 6.61 Å². The highest BCUT2D eigenvalue weighted by Crippen LogP contribution is 2.38. The van der Waals surface area contributed by atoms with Crippen LogP contribution < -0.4 is 4.84 Å². The molecule has 1 saturated heterocycles. The van der Waals surface area contributed by atoms with Crippen LogP contribution in [0.2, 0.25) is 0 Å². The van der Waals surface area contributed by atoms with Crippen molar-refractivity contribution < 1.29 is 9.57 Å². The van der Waals surface area contributed by atoms with E-state index in [4.69, 9.17) is 21.8 Å². The van der Waals surface area contributed by atoms with Crippen molar-refractivity contribution in [1.29, 1.82) is 0 Å². The number of epoxide rings is 1. The molecule has 3 nitrogen and oxygen atoms in total. The van der Waals surface area contributed by atoms with Crippen molar-refractivity contribution in [3.05, 3.63) is 64.9 Å². The number of ether oxygens (including phenoxy) is 1. The summed E-state index contributed by atoms with van der Waals surface area (Å²) in [7, 11) is 0. The second kappa shape index (κ2) is 4.92. The lowest BCUT2D eigenvalue weighted by Crippen LogP contribution is -2.17. The third-order valence-electron chi connectivity index (χ3n) is 2.88. The van der Waals surface area contributed by atoms with Gasteiger partial charge < -0.3 is 9.57 Å². The van der Waals surface area contributed by atoms with Gasteiger partial charge in [0.1, 0.15) is 23.5 Å². The van der Waals surface area contributed by atoms with E-state index in [1.165, 1.54) is 5.56 Å². The van der Waals surface area contributed by atoms with Gasteiger partial charge in [0, 0.05) is 6.20 Å². The van der Waals surface area contributed by atoms with Crippen LogP contribution in [0.4, 0.5) is 0 Å².